The standard InChI is InChI=1S/C68H73N5O15/c1-45(64(79)85-42-48-24-14-7-15-25-48)70-61(75)56(71-62(76)57(72-67(82)88-68(2,3)4)38-55(74)39-69-65(80)86-43-49-26-16-8-17-27-49)36-53-34-51(30-32-59(53)83-40-46-20-10-5-11-21-46)52-31-33-60(84-41-47-22-12-6-13-23-47)54(35-52)37-58(63(77)78)73-66(81)87-44-50-28-18-9-19-29-50/h5-35,45,55-58,74H,36-44H2,1-4H3,(H,69,80)(H,70,75)(H,71,76)(H,72,82)(H,73,81)(H,77,78)/t45-,55+,56-,57-,58-/m0/s1. The summed E-state index contributed by atoms with van der Waals surface area (Å²) in [4.78, 5) is 95.2. The van der Waals surface area contributed by atoms with Crippen LogP contribution in [0.25, 0.3) is 11.1 Å². The lowest BCUT2D eigenvalue weighted by Gasteiger charge is -2.27. The van der Waals surface area contributed by atoms with E-state index in [2.05, 4.69) is 26.6 Å². The van der Waals surface area contributed by atoms with Crippen LogP contribution in [0.5, 0.6) is 11.5 Å². The van der Waals surface area contributed by atoms with Gasteiger partial charge in [0.25, 0.3) is 0 Å². The average Bonchev–Trinajstić information content (AvgIpc) is 1.84. The number of nitrogens with one attached hydrogen (secondary N) is 5. The Labute approximate surface area is 510 Å². The molecule has 0 unspecified atom stereocenters. The number of carboxylic acid groups (broad SMARTS) is 1. The fraction of sp³-hybridized carbons (Fsp3) is 0.279. The van der Waals surface area contributed by atoms with Crippen molar-refractivity contribution in [2.24, 2.45) is 0 Å². The minimum Gasteiger partial charge on any atom is -0.489 e. The number of alkyl carbamates (subject to hydrolysis) is 3. The van der Waals surface area contributed by atoms with Crippen molar-refractivity contribution < 1.29 is 72.2 Å². The summed E-state index contributed by atoms with van der Waals surface area (Å²) in [5.41, 5.74) is 4.58. The van der Waals surface area contributed by atoms with Crippen molar-refractivity contribution in [3.8, 4) is 22.6 Å². The molecule has 460 valence electrons. The summed E-state index contributed by atoms with van der Waals surface area (Å²) in [5.74, 6) is -3.32. The Morgan fingerprint density at radius 1 is 0.455 bits per heavy atom. The van der Waals surface area contributed by atoms with Gasteiger partial charge in [-0.05, 0) is 102 Å². The van der Waals surface area contributed by atoms with E-state index in [0.29, 0.717) is 39.1 Å². The second kappa shape index (κ2) is 32.9. The number of esters is 1. The maximum absolute atomic E-state index is 14.8. The Morgan fingerprint density at radius 3 is 1.30 bits per heavy atom. The molecule has 0 aliphatic heterocycles. The number of carbonyl (C=O) groups is 7. The number of aliphatic hydroxyl groups is 1. The molecule has 0 bridgehead atoms. The summed E-state index contributed by atoms with van der Waals surface area (Å²) in [6.07, 6.45) is -5.37. The van der Waals surface area contributed by atoms with Crippen LogP contribution >= 0.6 is 0 Å². The van der Waals surface area contributed by atoms with Gasteiger partial charge >= 0.3 is 30.2 Å². The largest absolute Gasteiger partial charge is 0.489 e. The summed E-state index contributed by atoms with van der Waals surface area (Å²) in [5, 5.41) is 34.7. The van der Waals surface area contributed by atoms with Gasteiger partial charge in [0.05, 0.1) is 6.10 Å². The van der Waals surface area contributed by atoms with Crippen LogP contribution in [0.3, 0.4) is 0 Å². The van der Waals surface area contributed by atoms with Crippen molar-refractivity contribution in [1.82, 2.24) is 26.6 Å². The van der Waals surface area contributed by atoms with Crippen molar-refractivity contribution in [3.05, 3.63) is 227 Å². The van der Waals surface area contributed by atoms with Gasteiger partial charge in [0.2, 0.25) is 11.8 Å². The van der Waals surface area contributed by atoms with Gasteiger partial charge < -0.3 is 65.2 Å². The zero-order valence-electron chi connectivity index (χ0n) is 49.4. The highest BCUT2D eigenvalue weighted by atomic mass is 16.6. The van der Waals surface area contributed by atoms with E-state index in [4.69, 9.17) is 28.4 Å². The third kappa shape index (κ3) is 22.0. The first kappa shape index (κ1) is 65.3. The molecule has 0 radical (unpaired) electrons. The van der Waals surface area contributed by atoms with Crippen molar-refractivity contribution in [2.75, 3.05) is 6.54 Å². The fourth-order valence-corrected chi connectivity index (χ4v) is 8.86. The van der Waals surface area contributed by atoms with Crippen molar-refractivity contribution in [2.45, 2.75) is 116 Å². The minimum atomic E-state index is -1.59. The Kier molecular flexibility index (Phi) is 24.4. The van der Waals surface area contributed by atoms with Crippen LogP contribution in [0.4, 0.5) is 14.4 Å². The Bertz CT molecular complexity index is 3410. The topological polar surface area (TPSA) is 275 Å². The highest BCUT2D eigenvalue weighted by molar-refractivity contribution is 5.93. The summed E-state index contributed by atoms with van der Waals surface area (Å²) < 4.78 is 34.5. The van der Waals surface area contributed by atoms with E-state index in [1.54, 1.807) is 130 Å². The molecule has 20 nitrogen and oxygen atoms in total. The zero-order chi connectivity index (χ0) is 62.8. The molecule has 20 heteroatoms. The van der Waals surface area contributed by atoms with Crippen LogP contribution in [-0.2, 0) is 84.0 Å². The number of rotatable bonds is 29. The van der Waals surface area contributed by atoms with Gasteiger partial charge in [-0.2, -0.15) is 0 Å². The zero-order valence-corrected chi connectivity index (χ0v) is 49.4. The highest BCUT2D eigenvalue weighted by Gasteiger charge is 2.33. The molecule has 5 amide bonds. The quantitative estimate of drug-likeness (QED) is 0.0170. The fourth-order valence-electron chi connectivity index (χ4n) is 8.86. The van der Waals surface area contributed by atoms with E-state index in [1.165, 1.54) is 6.92 Å². The highest BCUT2D eigenvalue weighted by Crippen LogP contribution is 2.33. The summed E-state index contributed by atoms with van der Waals surface area (Å²) in [6, 6.07) is 49.8. The van der Waals surface area contributed by atoms with Crippen molar-refractivity contribution in [3.63, 3.8) is 0 Å². The molecule has 0 aromatic heterocycles. The molecule has 5 atom stereocenters. The van der Waals surface area contributed by atoms with Gasteiger partial charge in [0.1, 0.15) is 74.3 Å². The van der Waals surface area contributed by atoms with Crippen LogP contribution in [0, 0.1) is 0 Å². The predicted molar refractivity (Wildman–Crippen MR) is 326 cm³/mol. The number of carboxylic acids is 1. The number of carbonyl (C=O) groups excluding carboxylic acids is 6. The first-order valence-electron chi connectivity index (χ1n) is 28.6. The molecular weight excluding hydrogens is 1130 g/mol. The molecule has 7 aromatic rings. The van der Waals surface area contributed by atoms with Crippen LogP contribution in [-0.4, -0.2) is 94.7 Å². The number of aliphatic hydroxyl groups excluding tert-OH is 1. The smallest absolute Gasteiger partial charge is 0.408 e. The average molecular weight is 1200 g/mol. The lowest BCUT2D eigenvalue weighted by Crippen LogP contribution is -2.57. The molecule has 0 saturated heterocycles. The third-order valence-corrected chi connectivity index (χ3v) is 13.4. The number of benzene rings is 7. The molecular formula is C68H73N5O15. The van der Waals surface area contributed by atoms with E-state index in [0.717, 1.165) is 16.7 Å². The molecule has 7 rings (SSSR count). The van der Waals surface area contributed by atoms with Crippen LogP contribution in [0.1, 0.15) is 73.1 Å². The lowest BCUT2D eigenvalue weighted by atomic mass is 9.95. The molecule has 0 aliphatic carbocycles. The number of hydrogen-bond donors (Lipinski definition) is 7. The van der Waals surface area contributed by atoms with Crippen molar-refractivity contribution in [1.29, 1.82) is 0 Å². The van der Waals surface area contributed by atoms with Gasteiger partial charge in [-0.25, -0.2) is 24.0 Å². The lowest BCUT2D eigenvalue weighted by molar-refractivity contribution is -0.148. The maximum atomic E-state index is 14.8. The number of amides is 5. The maximum Gasteiger partial charge on any atom is 0.408 e. The second-order valence-corrected chi connectivity index (χ2v) is 21.6. The second-order valence-electron chi connectivity index (χ2n) is 21.6. The van der Waals surface area contributed by atoms with E-state index in [-0.39, 0.29) is 51.6 Å². The monoisotopic (exact) mass is 1200 g/mol. The predicted octanol–water partition coefficient (Wildman–Crippen LogP) is 9.28. The molecule has 0 fully saturated rings. The van der Waals surface area contributed by atoms with E-state index in [9.17, 15) is 43.8 Å². The summed E-state index contributed by atoms with van der Waals surface area (Å²) in [6.45, 7) is 5.81. The van der Waals surface area contributed by atoms with Gasteiger partial charge in [-0.1, -0.05) is 164 Å². The summed E-state index contributed by atoms with van der Waals surface area (Å²) >= 11 is 0. The van der Waals surface area contributed by atoms with Crippen LogP contribution in [0.2, 0.25) is 0 Å². The molecule has 7 N–H and O–H groups in total. The van der Waals surface area contributed by atoms with E-state index < -0.39 is 90.9 Å². The van der Waals surface area contributed by atoms with Crippen LogP contribution in [0.15, 0.2) is 188 Å². The first-order chi connectivity index (χ1) is 42.3. The normalized spacial score (nSPS) is 12.7. The third-order valence-electron chi connectivity index (χ3n) is 13.4. The Morgan fingerprint density at radius 2 is 0.852 bits per heavy atom. The van der Waals surface area contributed by atoms with Gasteiger partial charge in [0.15, 0.2) is 0 Å². The van der Waals surface area contributed by atoms with E-state index >= 15 is 0 Å². The minimum absolute atomic E-state index is 0.0549. The molecule has 0 spiro atoms. The SMILES string of the molecule is C[C@H](NC(=O)[C@H](Cc1cc(-c2ccc(OCc3ccccc3)c(C[C@H](NC(=O)OCc3ccccc3)C(=O)O)c2)ccc1OCc1ccccc1)NC(=O)[C@H](C[C@@H](O)CNC(=O)OCc1ccccc1)NC(=O)OC(C)(C)C)C(=O)OCc1ccccc1. The number of aliphatic carboxylic acids is 1. The van der Waals surface area contributed by atoms with Gasteiger partial charge in [-0.15, -0.1) is 0 Å². The molecule has 0 aliphatic rings. The Balaban J connectivity index is 1.22. The molecule has 88 heavy (non-hydrogen) atoms. The molecule has 0 saturated carbocycles. The van der Waals surface area contributed by atoms with E-state index in [1.807, 2.05) is 78.9 Å². The van der Waals surface area contributed by atoms with Crippen LogP contribution < -0.4 is 36.1 Å². The Hall–Kier alpha value is -10.2. The van der Waals surface area contributed by atoms with Gasteiger partial charge in [-0.3, -0.25) is 9.59 Å². The summed E-state index contributed by atoms with van der Waals surface area (Å²) in [7, 11) is 0. The van der Waals surface area contributed by atoms with Crippen molar-refractivity contribution >= 4 is 42.0 Å². The molecule has 0 heterocycles. The molecule has 7 aromatic carbocycles. The number of ether oxygens (including phenoxy) is 6. The van der Waals surface area contributed by atoms with Gasteiger partial charge in [0, 0.05) is 25.8 Å². The number of hydrogen-bond acceptors (Lipinski definition) is 14. The first-order valence-corrected chi connectivity index (χ1v) is 28.6.